The average Bonchev–Trinajstić information content (AvgIpc) is 3.20. The Hall–Kier alpha value is -2.99. The van der Waals surface area contributed by atoms with Crippen molar-refractivity contribution in [3.8, 4) is 0 Å². The summed E-state index contributed by atoms with van der Waals surface area (Å²) in [6, 6.07) is 20.2. The van der Waals surface area contributed by atoms with E-state index in [1.54, 1.807) is 10.9 Å². The lowest BCUT2D eigenvalue weighted by molar-refractivity contribution is 0.0694. The van der Waals surface area contributed by atoms with Crippen molar-refractivity contribution in [3.63, 3.8) is 0 Å². The van der Waals surface area contributed by atoms with Gasteiger partial charge in [0, 0.05) is 19.3 Å². The van der Waals surface area contributed by atoms with Crippen LogP contribution in [-0.4, -0.2) is 40.2 Å². The van der Waals surface area contributed by atoms with E-state index in [4.69, 9.17) is 4.74 Å². The molecule has 0 atom stereocenters. The number of carbonyl (C=O) groups is 1. The number of nitrogens with one attached hydrogen (secondary N) is 1. The summed E-state index contributed by atoms with van der Waals surface area (Å²) in [6.07, 6.45) is 3.38. The Kier molecular flexibility index (Phi) is 5.25. The molecule has 1 aliphatic heterocycles. The molecule has 1 amide bonds. The van der Waals surface area contributed by atoms with E-state index in [1.807, 2.05) is 36.4 Å². The lowest BCUT2D eigenvalue weighted by atomic mass is 9.99. The quantitative estimate of drug-likeness (QED) is 0.758. The minimum atomic E-state index is -0.187. The van der Waals surface area contributed by atoms with E-state index in [0.717, 1.165) is 24.0 Å². The van der Waals surface area contributed by atoms with Crippen LogP contribution in [0, 0.1) is 0 Å². The van der Waals surface area contributed by atoms with Crippen molar-refractivity contribution in [1.82, 2.24) is 20.3 Å². The van der Waals surface area contributed by atoms with Crippen LogP contribution in [0.1, 0.15) is 40.5 Å². The number of rotatable bonds is 5. The Morgan fingerprint density at radius 1 is 1.00 bits per heavy atom. The fraction of sp³-hybridized carbons (Fsp3) is 0.286. The van der Waals surface area contributed by atoms with E-state index in [-0.39, 0.29) is 18.0 Å². The summed E-state index contributed by atoms with van der Waals surface area (Å²) >= 11 is 0. The minimum absolute atomic E-state index is 0.135. The first-order valence-electron chi connectivity index (χ1n) is 9.21. The molecule has 0 unspecified atom stereocenters. The zero-order chi connectivity index (χ0) is 18.5. The average molecular weight is 362 g/mol. The molecule has 6 nitrogen and oxygen atoms in total. The van der Waals surface area contributed by atoms with Crippen molar-refractivity contribution in [3.05, 3.63) is 83.7 Å². The first-order chi connectivity index (χ1) is 13.3. The molecule has 4 rings (SSSR count). The molecular formula is C21H22N4O2. The van der Waals surface area contributed by atoms with Crippen molar-refractivity contribution in [1.29, 1.82) is 0 Å². The van der Waals surface area contributed by atoms with Crippen LogP contribution in [0.25, 0.3) is 0 Å². The van der Waals surface area contributed by atoms with E-state index >= 15 is 0 Å². The van der Waals surface area contributed by atoms with Gasteiger partial charge in [-0.2, -0.15) is 0 Å². The summed E-state index contributed by atoms with van der Waals surface area (Å²) in [6.45, 7) is 1.36. The van der Waals surface area contributed by atoms with Crippen molar-refractivity contribution in [2.75, 3.05) is 13.2 Å². The highest BCUT2D eigenvalue weighted by Crippen LogP contribution is 2.25. The van der Waals surface area contributed by atoms with E-state index in [1.165, 1.54) is 0 Å². The standard InChI is InChI=1S/C21H22N4O2/c26-21(22-18-11-13-27-14-12-18)19-15-25(24-23-19)20(16-7-3-1-4-8-16)17-9-5-2-6-10-17/h1-10,15,18,20H,11-14H2,(H,22,26). The molecule has 1 fully saturated rings. The molecule has 1 N–H and O–H groups in total. The summed E-state index contributed by atoms with van der Waals surface area (Å²) in [4.78, 5) is 12.6. The normalized spacial score (nSPS) is 15.0. The van der Waals surface area contributed by atoms with Gasteiger partial charge >= 0.3 is 0 Å². The monoisotopic (exact) mass is 362 g/mol. The van der Waals surface area contributed by atoms with Crippen LogP contribution in [0.5, 0.6) is 0 Å². The van der Waals surface area contributed by atoms with Crippen LogP contribution >= 0.6 is 0 Å². The lowest BCUT2D eigenvalue weighted by Gasteiger charge is -2.22. The second-order valence-electron chi connectivity index (χ2n) is 6.67. The zero-order valence-electron chi connectivity index (χ0n) is 15.0. The van der Waals surface area contributed by atoms with Crippen LogP contribution in [0.4, 0.5) is 0 Å². The Morgan fingerprint density at radius 2 is 1.59 bits per heavy atom. The van der Waals surface area contributed by atoms with E-state index < -0.39 is 0 Å². The zero-order valence-corrected chi connectivity index (χ0v) is 15.0. The van der Waals surface area contributed by atoms with Gasteiger partial charge in [0.25, 0.3) is 5.91 Å². The third-order valence-electron chi connectivity index (χ3n) is 4.79. The van der Waals surface area contributed by atoms with Crippen molar-refractivity contribution < 1.29 is 9.53 Å². The van der Waals surface area contributed by atoms with Crippen LogP contribution in [-0.2, 0) is 4.74 Å². The van der Waals surface area contributed by atoms with E-state index in [2.05, 4.69) is 39.9 Å². The van der Waals surface area contributed by atoms with Gasteiger partial charge in [-0.3, -0.25) is 4.79 Å². The minimum Gasteiger partial charge on any atom is -0.381 e. The molecule has 0 radical (unpaired) electrons. The van der Waals surface area contributed by atoms with Gasteiger partial charge in [0.15, 0.2) is 5.69 Å². The van der Waals surface area contributed by atoms with E-state index in [0.29, 0.717) is 18.9 Å². The molecule has 0 aliphatic carbocycles. The van der Waals surface area contributed by atoms with Gasteiger partial charge in [0.05, 0.1) is 6.20 Å². The molecule has 27 heavy (non-hydrogen) atoms. The lowest BCUT2D eigenvalue weighted by Crippen LogP contribution is -2.39. The molecule has 0 bridgehead atoms. The predicted molar refractivity (Wildman–Crippen MR) is 101 cm³/mol. The topological polar surface area (TPSA) is 69.0 Å². The fourth-order valence-corrected chi connectivity index (χ4v) is 3.38. The first kappa shape index (κ1) is 17.4. The van der Waals surface area contributed by atoms with Crippen LogP contribution < -0.4 is 5.32 Å². The summed E-state index contributed by atoms with van der Waals surface area (Å²) < 4.78 is 7.09. The molecule has 1 aliphatic rings. The summed E-state index contributed by atoms with van der Waals surface area (Å²) in [5, 5.41) is 11.4. The van der Waals surface area contributed by atoms with E-state index in [9.17, 15) is 4.79 Å². The van der Waals surface area contributed by atoms with Gasteiger partial charge in [-0.1, -0.05) is 65.9 Å². The summed E-state index contributed by atoms with van der Waals surface area (Å²) in [5.41, 5.74) is 2.51. The number of ether oxygens (including phenoxy) is 1. The molecule has 1 saturated heterocycles. The maximum Gasteiger partial charge on any atom is 0.273 e. The third kappa shape index (κ3) is 4.06. The van der Waals surface area contributed by atoms with Crippen LogP contribution in [0.2, 0.25) is 0 Å². The van der Waals surface area contributed by atoms with Crippen molar-refractivity contribution >= 4 is 5.91 Å². The molecule has 6 heteroatoms. The largest absolute Gasteiger partial charge is 0.381 e. The molecule has 1 aromatic heterocycles. The van der Waals surface area contributed by atoms with Crippen LogP contribution in [0.15, 0.2) is 66.9 Å². The van der Waals surface area contributed by atoms with Crippen molar-refractivity contribution in [2.45, 2.75) is 24.9 Å². The predicted octanol–water partition coefficient (Wildman–Crippen LogP) is 2.82. The molecule has 3 aromatic rings. The van der Waals surface area contributed by atoms with Gasteiger partial charge in [0.2, 0.25) is 0 Å². The molecule has 138 valence electrons. The number of aromatic nitrogens is 3. The van der Waals surface area contributed by atoms with Gasteiger partial charge in [-0.15, -0.1) is 5.10 Å². The highest BCUT2D eigenvalue weighted by atomic mass is 16.5. The number of hydrogen-bond donors (Lipinski definition) is 1. The Balaban J connectivity index is 1.59. The SMILES string of the molecule is O=C(NC1CCOCC1)c1cn(C(c2ccccc2)c2ccccc2)nn1. The molecular weight excluding hydrogens is 340 g/mol. The molecule has 0 spiro atoms. The van der Waals surface area contributed by atoms with Crippen LogP contribution in [0.3, 0.4) is 0 Å². The third-order valence-corrected chi connectivity index (χ3v) is 4.79. The Labute approximate surface area is 158 Å². The van der Waals surface area contributed by atoms with Crippen molar-refractivity contribution in [2.24, 2.45) is 0 Å². The second-order valence-corrected chi connectivity index (χ2v) is 6.67. The number of hydrogen-bond acceptors (Lipinski definition) is 4. The fourth-order valence-electron chi connectivity index (χ4n) is 3.38. The number of nitrogens with zero attached hydrogens (tertiary/aromatic N) is 3. The second kappa shape index (κ2) is 8.14. The Bertz CT molecular complexity index is 834. The summed E-state index contributed by atoms with van der Waals surface area (Å²) in [7, 11) is 0. The van der Waals surface area contributed by atoms with Gasteiger partial charge in [-0.05, 0) is 24.0 Å². The van der Waals surface area contributed by atoms with Gasteiger partial charge in [-0.25, -0.2) is 4.68 Å². The van der Waals surface area contributed by atoms with Gasteiger partial charge < -0.3 is 10.1 Å². The highest BCUT2D eigenvalue weighted by molar-refractivity contribution is 5.92. The maximum absolute atomic E-state index is 12.6. The number of carbonyl (C=O) groups excluding carboxylic acids is 1. The molecule has 2 aromatic carbocycles. The molecule has 0 saturated carbocycles. The first-order valence-corrected chi connectivity index (χ1v) is 9.21. The molecule has 2 heterocycles. The summed E-state index contributed by atoms with van der Waals surface area (Å²) in [5.74, 6) is -0.187. The number of amides is 1. The van der Waals surface area contributed by atoms with Gasteiger partial charge in [0.1, 0.15) is 6.04 Å². The smallest absolute Gasteiger partial charge is 0.273 e. The maximum atomic E-state index is 12.6. The highest BCUT2D eigenvalue weighted by Gasteiger charge is 2.22. The number of benzene rings is 2. The Morgan fingerprint density at radius 3 is 2.19 bits per heavy atom.